The molecule has 0 saturated heterocycles. The summed E-state index contributed by atoms with van der Waals surface area (Å²) in [4.78, 5) is 0. The van der Waals surface area contributed by atoms with Crippen LogP contribution in [0, 0.1) is 11.6 Å². The summed E-state index contributed by atoms with van der Waals surface area (Å²) in [5.41, 5.74) is 6.06. The van der Waals surface area contributed by atoms with E-state index in [9.17, 15) is 8.78 Å². The molecule has 2 N–H and O–H groups in total. The van der Waals surface area contributed by atoms with Gasteiger partial charge in [-0.05, 0) is 18.6 Å². The van der Waals surface area contributed by atoms with E-state index in [0.29, 0.717) is 22.0 Å². The maximum atomic E-state index is 13.4. The Hall–Kier alpha value is -1.40. The zero-order chi connectivity index (χ0) is 12.4. The Labute approximate surface area is 101 Å². The van der Waals surface area contributed by atoms with Crippen LogP contribution in [0.4, 0.5) is 8.78 Å². The predicted molar refractivity (Wildman–Crippen MR) is 61.7 cm³/mol. The number of aromatic nitrogens is 2. The van der Waals surface area contributed by atoms with E-state index in [-0.39, 0.29) is 6.04 Å². The minimum atomic E-state index is -0.584. The van der Waals surface area contributed by atoms with E-state index in [4.69, 9.17) is 5.73 Å². The first-order chi connectivity index (χ1) is 8.06. The minimum absolute atomic E-state index is 0.181. The smallest absolute Gasteiger partial charge is 0.133 e. The van der Waals surface area contributed by atoms with Crippen molar-refractivity contribution in [3.63, 3.8) is 0 Å². The molecule has 3 nitrogen and oxygen atoms in total. The highest BCUT2D eigenvalue weighted by Gasteiger charge is 2.11. The second kappa shape index (κ2) is 4.85. The van der Waals surface area contributed by atoms with Crippen molar-refractivity contribution in [1.82, 2.24) is 10.2 Å². The minimum Gasteiger partial charge on any atom is -0.322 e. The van der Waals surface area contributed by atoms with Crippen LogP contribution in [-0.2, 0) is 6.42 Å². The largest absolute Gasteiger partial charge is 0.322 e. The highest BCUT2D eigenvalue weighted by Crippen LogP contribution is 2.20. The second-order valence-corrected chi connectivity index (χ2v) is 4.83. The number of nitrogens with two attached hydrogens (primary N) is 1. The maximum absolute atomic E-state index is 13.4. The van der Waals surface area contributed by atoms with Crippen molar-refractivity contribution >= 4 is 11.3 Å². The lowest BCUT2D eigenvalue weighted by molar-refractivity contribution is 0.574. The van der Waals surface area contributed by atoms with Crippen LogP contribution in [0.5, 0.6) is 0 Å². The molecule has 1 heterocycles. The van der Waals surface area contributed by atoms with Crippen molar-refractivity contribution in [2.75, 3.05) is 0 Å². The Morgan fingerprint density at radius 3 is 2.71 bits per heavy atom. The van der Waals surface area contributed by atoms with Gasteiger partial charge in [0.15, 0.2) is 0 Å². The van der Waals surface area contributed by atoms with Gasteiger partial charge in [-0.15, -0.1) is 10.2 Å². The third-order valence-electron chi connectivity index (χ3n) is 2.23. The molecule has 2 aromatic rings. The van der Waals surface area contributed by atoms with Crippen LogP contribution in [0.15, 0.2) is 18.2 Å². The topological polar surface area (TPSA) is 51.8 Å². The van der Waals surface area contributed by atoms with Crippen LogP contribution in [0.2, 0.25) is 0 Å². The molecular weight excluding hydrogens is 244 g/mol. The van der Waals surface area contributed by atoms with Crippen LogP contribution in [-0.4, -0.2) is 10.2 Å². The van der Waals surface area contributed by atoms with Gasteiger partial charge >= 0.3 is 0 Å². The van der Waals surface area contributed by atoms with Gasteiger partial charge in [-0.3, -0.25) is 0 Å². The van der Waals surface area contributed by atoms with Crippen molar-refractivity contribution < 1.29 is 8.78 Å². The highest BCUT2D eigenvalue weighted by molar-refractivity contribution is 7.11. The lowest BCUT2D eigenvalue weighted by Crippen LogP contribution is -2.03. The summed E-state index contributed by atoms with van der Waals surface area (Å²) in [7, 11) is 0. The average Bonchev–Trinajstić information content (AvgIpc) is 2.71. The van der Waals surface area contributed by atoms with Crippen LogP contribution < -0.4 is 5.73 Å². The van der Waals surface area contributed by atoms with E-state index < -0.39 is 11.6 Å². The monoisotopic (exact) mass is 255 g/mol. The highest BCUT2D eigenvalue weighted by atomic mass is 32.1. The second-order valence-electron chi connectivity index (χ2n) is 3.74. The van der Waals surface area contributed by atoms with Crippen LogP contribution >= 0.6 is 11.3 Å². The van der Waals surface area contributed by atoms with Crippen molar-refractivity contribution in [2.24, 2.45) is 5.73 Å². The molecule has 0 aliphatic carbocycles. The summed E-state index contributed by atoms with van der Waals surface area (Å²) in [5.74, 6) is -1.15. The van der Waals surface area contributed by atoms with Gasteiger partial charge in [-0.1, -0.05) is 17.4 Å². The van der Waals surface area contributed by atoms with Gasteiger partial charge in [-0.2, -0.15) is 0 Å². The number of hydrogen-bond acceptors (Lipinski definition) is 4. The number of rotatable bonds is 3. The summed E-state index contributed by atoms with van der Waals surface area (Å²) in [6.45, 7) is 1.81. The Bertz CT molecular complexity index is 525. The Morgan fingerprint density at radius 2 is 2.12 bits per heavy atom. The SMILES string of the molecule is CC(N)c1nnc(Cc2ccc(F)cc2F)s1. The molecule has 0 aliphatic heterocycles. The fourth-order valence-electron chi connectivity index (χ4n) is 1.35. The first kappa shape index (κ1) is 12.1. The summed E-state index contributed by atoms with van der Waals surface area (Å²) in [5, 5.41) is 9.21. The number of halogens is 2. The summed E-state index contributed by atoms with van der Waals surface area (Å²) in [6.07, 6.45) is 0.302. The Kier molecular flexibility index (Phi) is 3.44. The molecule has 1 unspecified atom stereocenters. The molecule has 17 heavy (non-hydrogen) atoms. The number of benzene rings is 1. The fourth-order valence-corrected chi connectivity index (χ4v) is 2.17. The molecule has 90 valence electrons. The number of hydrogen-bond donors (Lipinski definition) is 1. The first-order valence-electron chi connectivity index (χ1n) is 5.08. The molecule has 1 aromatic carbocycles. The lowest BCUT2D eigenvalue weighted by Gasteiger charge is -1.99. The van der Waals surface area contributed by atoms with Gasteiger partial charge in [0.05, 0.1) is 6.04 Å². The molecule has 0 aliphatic rings. The molecule has 1 aromatic heterocycles. The van der Waals surface area contributed by atoms with Gasteiger partial charge in [0.1, 0.15) is 21.6 Å². The van der Waals surface area contributed by atoms with E-state index in [2.05, 4.69) is 10.2 Å². The van der Waals surface area contributed by atoms with Gasteiger partial charge in [0, 0.05) is 12.5 Å². The van der Waals surface area contributed by atoms with Crippen molar-refractivity contribution in [3.8, 4) is 0 Å². The molecule has 1 atom stereocenters. The molecular formula is C11H11F2N3S. The third kappa shape index (κ3) is 2.83. The standard InChI is InChI=1S/C11H11F2N3S/c1-6(14)11-16-15-10(17-11)4-7-2-3-8(12)5-9(7)13/h2-3,5-6H,4,14H2,1H3. The van der Waals surface area contributed by atoms with Gasteiger partial charge < -0.3 is 5.73 Å². The predicted octanol–water partition coefficient (Wildman–Crippen LogP) is 2.43. The van der Waals surface area contributed by atoms with E-state index >= 15 is 0 Å². The number of nitrogens with zero attached hydrogens (tertiary/aromatic N) is 2. The molecule has 0 bridgehead atoms. The zero-order valence-corrected chi connectivity index (χ0v) is 9.97. The van der Waals surface area contributed by atoms with E-state index in [1.165, 1.54) is 23.5 Å². The van der Waals surface area contributed by atoms with Crippen LogP contribution in [0.25, 0.3) is 0 Å². The molecule has 2 rings (SSSR count). The van der Waals surface area contributed by atoms with E-state index in [0.717, 1.165) is 6.07 Å². The van der Waals surface area contributed by atoms with E-state index in [1.807, 2.05) is 6.92 Å². The molecule has 6 heteroatoms. The fraction of sp³-hybridized carbons (Fsp3) is 0.273. The van der Waals surface area contributed by atoms with Crippen LogP contribution in [0.1, 0.15) is 28.5 Å². The van der Waals surface area contributed by atoms with Gasteiger partial charge in [0.25, 0.3) is 0 Å². The molecule has 0 spiro atoms. The molecule has 0 amide bonds. The van der Waals surface area contributed by atoms with Gasteiger partial charge in [-0.25, -0.2) is 8.78 Å². The summed E-state index contributed by atoms with van der Waals surface area (Å²) in [6, 6.07) is 3.33. The van der Waals surface area contributed by atoms with Crippen LogP contribution in [0.3, 0.4) is 0 Å². The molecule has 0 radical (unpaired) electrons. The Balaban J connectivity index is 2.19. The summed E-state index contributed by atoms with van der Waals surface area (Å²) < 4.78 is 26.1. The molecule has 0 saturated carbocycles. The molecule has 0 fully saturated rings. The average molecular weight is 255 g/mol. The van der Waals surface area contributed by atoms with Crippen molar-refractivity contribution in [2.45, 2.75) is 19.4 Å². The third-order valence-corrected chi connectivity index (χ3v) is 3.35. The van der Waals surface area contributed by atoms with Crippen molar-refractivity contribution in [1.29, 1.82) is 0 Å². The van der Waals surface area contributed by atoms with Crippen molar-refractivity contribution in [3.05, 3.63) is 45.4 Å². The zero-order valence-electron chi connectivity index (χ0n) is 9.15. The quantitative estimate of drug-likeness (QED) is 0.916. The van der Waals surface area contributed by atoms with E-state index in [1.54, 1.807) is 0 Å². The summed E-state index contributed by atoms with van der Waals surface area (Å²) >= 11 is 1.34. The van der Waals surface area contributed by atoms with Gasteiger partial charge in [0.2, 0.25) is 0 Å². The maximum Gasteiger partial charge on any atom is 0.133 e. The Morgan fingerprint density at radius 1 is 1.35 bits per heavy atom. The lowest BCUT2D eigenvalue weighted by atomic mass is 10.1. The first-order valence-corrected chi connectivity index (χ1v) is 5.89. The normalized spacial score (nSPS) is 12.7.